The molecule has 0 fully saturated rings. The van der Waals surface area contributed by atoms with Gasteiger partial charge in [-0.25, -0.2) is 4.98 Å². The number of para-hydroxylation sites is 2. The summed E-state index contributed by atoms with van der Waals surface area (Å²) >= 11 is 0. The van der Waals surface area contributed by atoms with Crippen LogP contribution in [0.1, 0.15) is 39.3 Å². The number of nitrogens with one attached hydrogen (secondary N) is 2. The van der Waals surface area contributed by atoms with Gasteiger partial charge in [0, 0.05) is 37.0 Å². The zero-order valence-corrected chi connectivity index (χ0v) is 22.4. The molecule has 0 spiro atoms. The predicted octanol–water partition coefficient (Wildman–Crippen LogP) is 3.50. The Kier molecular flexibility index (Phi) is 7.02. The number of benzene rings is 3. The first-order valence-corrected chi connectivity index (χ1v) is 13.3. The van der Waals surface area contributed by atoms with Crippen molar-refractivity contribution in [3.63, 3.8) is 0 Å². The molecule has 1 aromatic heterocycles. The molecule has 41 heavy (non-hydrogen) atoms. The normalized spacial score (nSPS) is 16.0. The Morgan fingerprint density at radius 3 is 2.80 bits per heavy atom. The number of carbonyl (C=O) groups excluding carboxylic acids is 2. The van der Waals surface area contributed by atoms with Crippen LogP contribution in [0.5, 0.6) is 5.75 Å². The van der Waals surface area contributed by atoms with Crippen LogP contribution in [0.15, 0.2) is 60.7 Å². The van der Waals surface area contributed by atoms with E-state index in [4.69, 9.17) is 9.78 Å². The number of carboxylic acid groups (broad SMARTS) is 1. The quantitative estimate of drug-likeness (QED) is 0.281. The van der Waals surface area contributed by atoms with Gasteiger partial charge >= 0.3 is 5.97 Å². The SMILES string of the molecule is CN(Cc1nc2ccccc2[nH]1)C(=O)c1ccc2c(c1)CN(CCc1ccc3c(c1)OOC3)C(=O)C(CC(=O)O)N2. The number of fused-ring (bicyclic) bond motifs is 3. The van der Waals surface area contributed by atoms with Crippen LogP contribution in [0, 0.1) is 0 Å². The van der Waals surface area contributed by atoms with Crippen LogP contribution in [-0.4, -0.2) is 62.3 Å². The number of aromatic amines is 1. The number of anilines is 1. The number of rotatable bonds is 8. The highest BCUT2D eigenvalue weighted by Crippen LogP contribution is 2.29. The van der Waals surface area contributed by atoms with Crippen LogP contribution in [0.3, 0.4) is 0 Å². The number of aliphatic carboxylic acids is 1. The van der Waals surface area contributed by atoms with Gasteiger partial charge < -0.3 is 30.1 Å². The highest BCUT2D eigenvalue weighted by Gasteiger charge is 2.31. The fraction of sp³-hybridized carbons (Fsp3) is 0.267. The third-order valence-electron chi connectivity index (χ3n) is 7.37. The second kappa shape index (κ2) is 10.9. The summed E-state index contributed by atoms with van der Waals surface area (Å²) in [6, 6.07) is 17.7. The Hall–Kier alpha value is -4.90. The van der Waals surface area contributed by atoms with Gasteiger partial charge in [0.2, 0.25) is 5.91 Å². The molecule has 0 saturated carbocycles. The van der Waals surface area contributed by atoms with Crippen molar-refractivity contribution in [2.45, 2.75) is 38.6 Å². The van der Waals surface area contributed by atoms with Crippen molar-refractivity contribution in [3.05, 3.63) is 88.7 Å². The summed E-state index contributed by atoms with van der Waals surface area (Å²) in [4.78, 5) is 59.6. The minimum atomic E-state index is -1.07. The Morgan fingerprint density at radius 1 is 1.12 bits per heavy atom. The molecule has 1 unspecified atom stereocenters. The number of carbonyl (C=O) groups is 3. The first kappa shape index (κ1) is 26.3. The van der Waals surface area contributed by atoms with Crippen molar-refractivity contribution < 1.29 is 29.3 Å². The monoisotopic (exact) mass is 555 g/mol. The van der Waals surface area contributed by atoms with E-state index in [0.717, 1.165) is 27.7 Å². The van der Waals surface area contributed by atoms with Crippen LogP contribution in [0.25, 0.3) is 11.0 Å². The highest BCUT2D eigenvalue weighted by atomic mass is 17.2. The first-order chi connectivity index (χ1) is 19.8. The molecule has 2 amide bonds. The Bertz CT molecular complexity index is 1620. The molecule has 2 aliphatic heterocycles. The maximum atomic E-state index is 13.4. The Labute approximate surface area is 235 Å². The number of nitrogens with zero attached hydrogens (tertiary/aromatic N) is 3. The summed E-state index contributed by atoms with van der Waals surface area (Å²) in [5.74, 6) is -0.239. The van der Waals surface area contributed by atoms with Gasteiger partial charge in [0.1, 0.15) is 18.5 Å². The van der Waals surface area contributed by atoms with Crippen molar-refractivity contribution in [1.29, 1.82) is 0 Å². The maximum absolute atomic E-state index is 13.4. The van der Waals surface area contributed by atoms with Gasteiger partial charge in [-0.2, -0.15) is 4.89 Å². The van der Waals surface area contributed by atoms with Crippen LogP contribution in [-0.2, 0) is 40.6 Å². The van der Waals surface area contributed by atoms with Crippen LogP contribution in [0.2, 0.25) is 0 Å². The van der Waals surface area contributed by atoms with Gasteiger partial charge in [-0.3, -0.25) is 14.4 Å². The summed E-state index contributed by atoms with van der Waals surface area (Å²) in [6.07, 6.45) is 0.177. The molecule has 0 saturated heterocycles. The fourth-order valence-electron chi connectivity index (χ4n) is 5.22. The smallest absolute Gasteiger partial charge is 0.305 e. The van der Waals surface area contributed by atoms with E-state index < -0.39 is 12.0 Å². The molecule has 11 heteroatoms. The lowest BCUT2D eigenvalue weighted by molar-refractivity contribution is -0.194. The third-order valence-corrected chi connectivity index (χ3v) is 7.37. The number of hydrogen-bond acceptors (Lipinski definition) is 7. The zero-order chi connectivity index (χ0) is 28.5. The van der Waals surface area contributed by atoms with E-state index in [0.29, 0.717) is 48.9 Å². The number of aromatic nitrogens is 2. The second-order valence-electron chi connectivity index (χ2n) is 10.3. The number of hydrogen-bond donors (Lipinski definition) is 3. The van der Waals surface area contributed by atoms with Gasteiger partial charge in [-0.15, -0.1) is 0 Å². The standard InChI is InChI=1S/C30H29N5O6/c1-34(16-27-32-23-4-2-3-5-24(23)33-27)29(38)19-8-9-22-21(13-19)15-35(30(39)25(31-22)14-28(36)37)11-10-18-6-7-20-17-40-41-26(20)12-18/h2-9,12-13,25,31H,10-11,14-17H2,1H3,(H,32,33)(H,36,37). The van der Waals surface area contributed by atoms with Gasteiger partial charge in [-0.1, -0.05) is 24.3 Å². The molecular weight excluding hydrogens is 526 g/mol. The lowest BCUT2D eigenvalue weighted by Gasteiger charge is -2.24. The number of H-pyrrole nitrogens is 1. The highest BCUT2D eigenvalue weighted by molar-refractivity contribution is 5.95. The Morgan fingerprint density at radius 2 is 1.98 bits per heavy atom. The zero-order valence-electron chi connectivity index (χ0n) is 22.4. The van der Waals surface area contributed by atoms with Crippen LogP contribution in [0.4, 0.5) is 5.69 Å². The van der Waals surface area contributed by atoms with Crippen molar-refractivity contribution in [3.8, 4) is 5.75 Å². The van der Waals surface area contributed by atoms with Crippen molar-refractivity contribution >= 4 is 34.5 Å². The minimum absolute atomic E-state index is 0.196. The summed E-state index contributed by atoms with van der Waals surface area (Å²) in [5.41, 5.74) is 5.49. The molecule has 4 aromatic rings. The molecule has 2 aliphatic rings. The number of amides is 2. The summed E-state index contributed by atoms with van der Waals surface area (Å²) < 4.78 is 0. The van der Waals surface area contributed by atoms with E-state index in [9.17, 15) is 19.5 Å². The number of imidazole rings is 1. The number of carboxylic acids is 1. The Balaban J connectivity index is 1.21. The molecular formula is C30H29N5O6. The van der Waals surface area contributed by atoms with Crippen molar-refractivity contribution in [2.24, 2.45) is 0 Å². The molecule has 0 bridgehead atoms. The molecule has 1 atom stereocenters. The van der Waals surface area contributed by atoms with Gasteiger partial charge in [0.15, 0.2) is 5.75 Å². The van der Waals surface area contributed by atoms with E-state index >= 15 is 0 Å². The molecule has 0 radical (unpaired) electrons. The average molecular weight is 556 g/mol. The van der Waals surface area contributed by atoms with Gasteiger partial charge in [0.25, 0.3) is 5.91 Å². The van der Waals surface area contributed by atoms with Crippen LogP contribution >= 0.6 is 0 Å². The fourth-order valence-corrected chi connectivity index (χ4v) is 5.22. The first-order valence-electron chi connectivity index (χ1n) is 13.3. The largest absolute Gasteiger partial charge is 0.481 e. The molecule has 11 nitrogen and oxygen atoms in total. The minimum Gasteiger partial charge on any atom is -0.481 e. The summed E-state index contributed by atoms with van der Waals surface area (Å²) in [7, 11) is 1.71. The van der Waals surface area contributed by atoms with E-state index in [1.165, 1.54) is 0 Å². The molecule has 0 aliphatic carbocycles. The molecule has 3 aromatic carbocycles. The molecule has 210 valence electrons. The topological polar surface area (TPSA) is 137 Å². The maximum Gasteiger partial charge on any atom is 0.305 e. The lowest BCUT2D eigenvalue weighted by atomic mass is 10.1. The molecule has 3 heterocycles. The third kappa shape index (κ3) is 5.57. The van der Waals surface area contributed by atoms with E-state index in [-0.39, 0.29) is 24.8 Å². The van der Waals surface area contributed by atoms with Gasteiger partial charge in [-0.05, 0) is 53.9 Å². The van der Waals surface area contributed by atoms with E-state index in [1.54, 1.807) is 35.0 Å². The van der Waals surface area contributed by atoms with Gasteiger partial charge in [0.05, 0.1) is 24.0 Å². The van der Waals surface area contributed by atoms with Crippen molar-refractivity contribution in [2.75, 3.05) is 18.9 Å². The second-order valence-corrected chi connectivity index (χ2v) is 10.3. The van der Waals surface area contributed by atoms with Crippen molar-refractivity contribution in [1.82, 2.24) is 19.8 Å². The van der Waals surface area contributed by atoms with E-state index in [2.05, 4.69) is 15.3 Å². The summed E-state index contributed by atoms with van der Waals surface area (Å²) in [6.45, 7) is 1.29. The summed E-state index contributed by atoms with van der Waals surface area (Å²) in [5, 5.41) is 12.6. The predicted molar refractivity (Wildman–Crippen MR) is 149 cm³/mol. The lowest BCUT2D eigenvalue weighted by Crippen LogP contribution is -2.42. The average Bonchev–Trinajstić information content (AvgIpc) is 3.57. The van der Waals surface area contributed by atoms with Crippen LogP contribution < -0.4 is 10.2 Å². The van der Waals surface area contributed by atoms with E-state index in [1.807, 2.05) is 42.5 Å². The molecule has 3 N–H and O–H groups in total. The molecule has 6 rings (SSSR count).